The maximum absolute atomic E-state index is 14.3. The van der Waals surface area contributed by atoms with Gasteiger partial charge in [-0.1, -0.05) is 81.3 Å². The highest BCUT2D eigenvalue weighted by Crippen LogP contribution is 2.35. The standard InChI is InChI=1S/C33H41BN2O5/c1-7-27-28(14-13-26-20-30(27)40-15-16-41-34(26)39)31(37)35-36(32(38)25-18-22(2)17-23(3)19-25)29(21-33(4,5)6)24-11-9-8-10-12-24/h8-14,17-19,29,39H,7,15-16,20-21H2,1-6H3,(H,35,37). The van der Waals surface area contributed by atoms with Gasteiger partial charge in [-0.15, -0.1) is 0 Å². The van der Waals surface area contributed by atoms with Crippen molar-refractivity contribution in [2.75, 3.05) is 13.2 Å². The molecule has 0 radical (unpaired) electrons. The van der Waals surface area contributed by atoms with Crippen LogP contribution in [0.4, 0.5) is 0 Å². The van der Waals surface area contributed by atoms with Crippen LogP contribution in [0.3, 0.4) is 0 Å². The Morgan fingerprint density at radius 1 is 1.05 bits per heavy atom. The molecule has 1 heterocycles. The smallest absolute Gasteiger partial charge is 0.487 e. The molecular formula is C33H41BN2O5. The van der Waals surface area contributed by atoms with Crippen LogP contribution >= 0.6 is 0 Å². The Kier molecular flexibility index (Phi) is 9.56. The Balaban J connectivity index is 1.81. The fourth-order valence-electron chi connectivity index (χ4n) is 5.42. The summed E-state index contributed by atoms with van der Waals surface area (Å²) in [4.78, 5) is 28.5. The third-order valence-corrected chi connectivity index (χ3v) is 7.25. The normalized spacial score (nSPS) is 16.4. The summed E-state index contributed by atoms with van der Waals surface area (Å²) in [6, 6.07) is 15.1. The Morgan fingerprint density at radius 2 is 1.73 bits per heavy atom. The number of allylic oxidation sites excluding steroid dienone is 3. The first-order valence-corrected chi connectivity index (χ1v) is 14.3. The molecule has 1 aliphatic heterocycles. The third kappa shape index (κ3) is 7.57. The molecule has 2 amide bonds. The van der Waals surface area contributed by atoms with E-state index in [9.17, 15) is 14.6 Å². The maximum Gasteiger partial charge on any atom is 0.487 e. The predicted molar refractivity (Wildman–Crippen MR) is 161 cm³/mol. The van der Waals surface area contributed by atoms with Crippen molar-refractivity contribution in [1.29, 1.82) is 0 Å². The van der Waals surface area contributed by atoms with Crippen LogP contribution in [0.25, 0.3) is 0 Å². The summed E-state index contributed by atoms with van der Waals surface area (Å²) in [6.45, 7) is 12.8. The molecular weight excluding hydrogens is 515 g/mol. The van der Waals surface area contributed by atoms with Crippen molar-refractivity contribution < 1.29 is 24.0 Å². The van der Waals surface area contributed by atoms with Gasteiger partial charge < -0.3 is 14.4 Å². The van der Waals surface area contributed by atoms with Gasteiger partial charge in [-0.3, -0.25) is 15.0 Å². The van der Waals surface area contributed by atoms with E-state index in [0.29, 0.717) is 41.6 Å². The van der Waals surface area contributed by atoms with Gasteiger partial charge in [0.2, 0.25) is 0 Å². The zero-order chi connectivity index (χ0) is 29.7. The Morgan fingerprint density at radius 3 is 2.37 bits per heavy atom. The van der Waals surface area contributed by atoms with E-state index in [0.717, 1.165) is 22.3 Å². The number of carbonyl (C=O) groups excluding carboxylic acids is 2. The molecule has 1 aliphatic carbocycles. The van der Waals surface area contributed by atoms with E-state index in [-0.39, 0.29) is 24.5 Å². The molecule has 216 valence electrons. The molecule has 2 aromatic rings. The molecule has 1 fully saturated rings. The highest BCUT2D eigenvalue weighted by molar-refractivity contribution is 6.52. The second kappa shape index (κ2) is 12.9. The van der Waals surface area contributed by atoms with E-state index >= 15 is 0 Å². The van der Waals surface area contributed by atoms with E-state index in [1.54, 1.807) is 12.2 Å². The minimum Gasteiger partial charge on any atom is -0.495 e. The fraction of sp³-hybridized carbons (Fsp3) is 0.394. The summed E-state index contributed by atoms with van der Waals surface area (Å²) in [5.41, 5.74) is 8.02. The van der Waals surface area contributed by atoms with Gasteiger partial charge in [0.25, 0.3) is 11.8 Å². The highest BCUT2D eigenvalue weighted by Gasteiger charge is 2.34. The third-order valence-electron chi connectivity index (χ3n) is 7.25. The van der Waals surface area contributed by atoms with Gasteiger partial charge >= 0.3 is 7.12 Å². The number of fused-ring (bicyclic) bond motifs is 2. The summed E-state index contributed by atoms with van der Waals surface area (Å²) in [5.74, 6) is -0.0573. The summed E-state index contributed by atoms with van der Waals surface area (Å²) in [6.07, 6.45) is 4.92. The molecule has 2 N–H and O–H groups in total. The van der Waals surface area contributed by atoms with Gasteiger partial charge in [-0.05, 0) is 61.3 Å². The van der Waals surface area contributed by atoms with Crippen LogP contribution in [-0.4, -0.2) is 42.2 Å². The summed E-state index contributed by atoms with van der Waals surface area (Å²) in [5, 5.41) is 12.0. The summed E-state index contributed by atoms with van der Waals surface area (Å²) >= 11 is 0. The van der Waals surface area contributed by atoms with Crippen molar-refractivity contribution in [3.63, 3.8) is 0 Å². The lowest BCUT2D eigenvalue weighted by Crippen LogP contribution is -2.49. The van der Waals surface area contributed by atoms with E-state index in [1.165, 1.54) is 5.01 Å². The first kappa shape index (κ1) is 30.3. The number of hydrazine groups is 1. The van der Waals surface area contributed by atoms with Gasteiger partial charge in [-0.2, -0.15) is 0 Å². The number of aryl methyl sites for hydroxylation is 2. The number of amides is 2. The van der Waals surface area contributed by atoms with Crippen molar-refractivity contribution in [1.82, 2.24) is 10.4 Å². The molecule has 41 heavy (non-hydrogen) atoms. The zero-order valence-electron chi connectivity index (χ0n) is 25.0. The lowest BCUT2D eigenvalue weighted by atomic mass is 9.75. The van der Waals surface area contributed by atoms with Crippen molar-refractivity contribution in [3.05, 3.63) is 105 Å². The second-order valence-electron chi connectivity index (χ2n) is 12.0. The SMILES string of the molecule is CCC1=C2CC(=CC=C1C(=O)NN(C(=O)c1cc(C)cc(C)c1)C(CC(C)(C)C)c1ccccc1)B(O)OCCO2. The van der Waals surface area contributed by atoms with Crippen LogP contribution in [0.15, 0.2) is 83.1 Å². The van der Waals surface area contributed by atoms with E-state index < -0.39 is 19.1 Å². The number of nitrogens with one attached hydrogen (secondary N) is 1. The molecule has 4 rings (SSSR count). The number of ether oxygens (including phenoxy) is 1. The molecule has 0 saturated carbocycles. The predicted octanol–water partition coefficient (Wildman–Crippen LogP) is 5.94. The molecule has 0 spiro atoms. The minimum atomic E-state index is -1.07. The van der Waals surface area contributed by atoms with Crippen LogP contribution in [0, 0.1) is 19.3 Å². The Hall–Kier alpha value is -3.62. The molecule has 1 saturated heterocycles. The van der Waals surface area contributed by atoms with Gasteiger partial charge in [-0.25, -0.2) is 5.01 Å². The van der Waals surface area contributed by atoms with E-state index in [1.807, 2.05) is 69.3 Å². The van der Waals surface area contributed by atoms with Crippen LogP contribution in [0.2, 0.25) is 0 Å². The zero-order valence-corrected chi connectivity index (χ0v) is 25.0. The molecule has 2 aliphatic rings. The maximum atomic E-state index is 14.3. The van der Waals surface area contributed by atoms with Crippen LogP contribution in [0.5, 0.6) is 0 Å². The second-order valence-corrected chi connectivity index (χ2v) is 12.0. The van der Waals surface area contributed by atoms with Gasteiger partial charge in [0.15, 0.2) is 0 Å². The molecule has 8 heteroatoms. The molecule has 2 aromatic carbocycles. The Labute approximate surface area is 244 Å². The summed E-state index contributed by atoms with van der Waals surface area (Å²) < 4.78 is 11.4. The number of hydrogen-bond donors (Lipinski definition) is 2. The quantitative estimate of drug-likeness (QED) is 0.340. The van der Waals surface area contributed by atoms with Crippen molar-refractivity contribution in [2.24, 2.45) is 5.41 Å². The van der Waals surface area contributed by atoms with Crippen LogP contribution in [-0.2, 0) is 14.2 Å². The van der Waals surface area contributed by atoms with Crippen LogP contribution in [0.1, 0.15) is 80.0 Å². The number of benzene rings is 2. The number of carbonyl (C=O) groups is 2. The molecule has 0 aromatic heterocycles. The average molecular weight is 557 g/mol. The van der Waals surface area contributed by atoms with Crippen molar-refractivity contribution >= 4 is 18.9 Å². The number of nitrogens with zero attached hydrogens (tertiary/aromatic N) is 1. The van der Waals surface area contributed by atoms with Gasteiger partial charge in [0.1, 0.15) is 12.4 Å². The molecule has 1 atom stereocenters. The molecule has 2 bridgehead atoms. The molecule has 1 unspecified atom stereocenters. The van der Waals surface area contributed by atoms with Gasteiger partial charge in [0.05, 0.1) is 12.6 Å². The number of hydrogen-bond acceptors (Lipinski definition) is 5. The minimum absolute atomic E-state index is 0.146. The highest BCUT2D eigenvalue weighted by atomic mass is 16.5. The molecule has 7 nitrogen and oxygen atoms in total. The summed E-state index contributed by atoms with van der Waals surface area (Å²) in [7, 11) is -1.07. The van der Waals surface area contributed by atoms with E-state index in [2.05, 4.69) is 26.2 Å². The first-order valence-electron chi connectivity index (χ1n) is 14.3. The largest absolute Gasteiger partial charge is 0.495 e. The van der Waals surface area contributed by atoms with Crippen molar-refractivity contribution in [2.45, 2.75) is 66.8 Å². The first-order chi connectivity index (χ1) is 19.5. The van der Waals surface area contributed by atoms with Crippen LogP contribution < -0.4 is 5.43 Å². The topological polar surface area (TPSA) is 88.1 Å². The van der Waals surface area contributed by atoms with E-state index in [4.69, 9.17) is 9.39 Å². The average Bonchev–Trinajstić information content (AvgIpc) is 3.11. The monoisotopic (exact) mass is 556 g/mol. The van der Waals surface area contributed by atoms with Gasteiger partial charge in [0, 0.05) is 23.1 Å². The number of rotatable bonds is 6. The Bertz CT molecular complexity index is 1350. The van der Waals surface area contributed by atoms with Crippen molar-refractivity contribution in [3.8, 4) is 0 Å². The fourth-order valence-corrected chi connectivity index (χ4v) is 5.42. The lowest BCUT2D eigenvalue weighted by molar-refractivity contribution is -0.122. The lowest BCUT2D eigenvalue weighted by Gasteiger charge is -2.36.